The molecule has 2 aliphatic rings. The highest BCUT2D eigenvalue weighted by atomic mass is 35.5. The molecule has 1 saturated heterocycles. The van der Waals surface area contributed by atoms with Crippen molar-refractivity contribution >= 4 is 28.9 Å². The number of fused-ring (bicyclic) bond motifs is 1. The Morgan fingerprint density at radius 1 is 1.17 bits per heavy atom. The first-order valence-corrected chi connectivity index (χ1v) is 8.84. The highest BCUT2D eigenvalue weighted by molar-refractivity contribution is 7.14. The molecule has 0 aromatic carbocycles. The summed E-state index contributed by atoms with van der Waals surface area (Å²) >= 11 is 1.72. The molecule has 0 radical (unpaired) electrons. The Kier molecular flexibility index (Phi) is 4.62. The molecule has 0 aliphatic carbocycles. The smallest absolute Gasteiger partial charge is 0.185 e. The molecule has 2 aromatic heterocycles. The Bertz CT molecular complexity index is 669. The Morgan fingerprint density at radius 2 is 1.96 bits per heavy atom. The van der Waals surface area contributed by atoms with Crippen molar-refractivity contribution in [3.63, 3.8) is 0 Å². The highest BCUT2D eigenvalue weighted by Crippen LogP contribution is 2.34. The third kappa shape index (κ3) is 3.22. The predicted molar refractivity (Wildman–Crippen MR) is 95.3 cm³/mol. The fraction of sp³-hybridized carbons (Fsp3) is 0.667. The van der Waals surface area contributed by atoms with E-state index in [0.717, 1.165) is 55.2 Å². The summed E-state index contributed by atoms with van der Waals surface area (Å²) in [5.41, 5.74) is 1.43. The van der Waals surface area contributed by atoms with E-state index in [0.29, 0.717) is 5.41 Å². The lowest BCUT2D eigenvalue weighted by Crippen LogP contribution is -2.37. The van der Waals surface area contributed by atoms with Gasteiger partial charge in [-0.2, -0.15) is 0 Å². The van der Waals surface area contributed by atoms with Gasteiger partial charge in [0.15, 0.2) is 11.0 Å². The minimum Gasteiger partial charge on any atom is -0.348 e. The number of thiazole rings is 1. The molecule has 0 saturated carbocycles. The molecule has 1 fully saturated rings. The first kappa shape index (κ1) is 16.7. The molecular formula is C15H23ClN6S. The number of nitrogens with zero attached hydrogens (tertiary/aromatic N) is 5. The van der Waals surface area contributed by atoms with Crippen LogP contribution >= 0.6 is 23.7 Å². The predicted octanol–water partition coefficient (Wildman–Crippen LogP) is 2.55. The molecule has 0 amide bonds. The lowest BCUT2D eigenvalue weighted by molar-refractivity contribution is 0.280. The van der Waals surface area contributed by atoms with Crippen molar-refractivity contribution in [1.29, 1.82) is 0 Å². The van der Waals surface area contributed by atoms with Crippen LogP contribution in [-0.4, -0.2) is 39.4 Å². The lowest BCUT2D eigenvalue weighted by atomic mass is 9.83. The van der Waals surface area contributed by atoms with Gasteiger partial charge < -0.3 is 14.8 Å². The molecule has 6 nitrogen and oxygen atoms in total. The number of aromatic nitrogens is 4. The number of hydrogen-bond donors (Lipinski definition) is 1. The zero-order valence-electron chi connectivity index (χ0n) is 13.6. The first-order valence-electron chi connectivity index (χ1n) is 7.96. The SMILES string of the molecule is CC1(C)CCN(c2nc(-c3nnc4n3CCNC4)cs2)CC1.Cl. The Hall–Kier alpha value is -1.18. The lowest BCUT2D eigenvalue weighted by Gasteiger charge is -2.36. The van der Waals surface area contributed by atoms with E-state index in [1.807, 2.05) is 0 Å². The Labute approximate surface area is 146 Å². The van der Waals surface area contributed by atoms with Crippen molar-refractivity contribution < 1.29 is 0 Å². The summed E-state index contributed by atoms with van der Waals surface area (Å²) in [7, 11) is 0. The summed E-state index contributed by atoms with van der Waals surface area (Å²) in [6.45, 7) is 9.59. The molecule has 0 atom stereocenters. The highest BCUT2D eigenvalue weighted by Gasteiger charge is 2.27. The number of anilines is 1. The standard InChI is InChI=1S/C15H22N6S.ClH/c1-15(2)3-6-20(7-4-15)14-17-11(10-22-14)13-19-18-12-9-16-5-8-21(12)13;/h10,16H,3-9H2,1-2H3;1H. The molecule has 2 aliphatic heterocycles. The van der Waals surface area contributed by atoms with Gasteiger partial charge in [0.2, 0.25) is 0 Å². The second kappa shape index (κ2) is 6.37. The van der Waals surface area contributed by atoms with Gasteiger partial charge in [-0.25, -0.2) is 4.98 Å². The van der Waals surface area contributed by atoms with E-state index in [9.17, 15) is 0 Å². The van der Waals surface area contributed by atoms with Gasteiger partial charge in [-0.1, -0.05) is 13.8 Å². The van der Waals surface area contributed by atoms with Crippen LogP contribution in [0.15, 0.2) is 5.38 Å². The monoisotopic (exact) mass is 354 g/mol. The van der Waals surface area contributed by atoms with Crippen molar-refractivity contribution in [3.05, 3.63) is 11.2 Å². The molecule has 2 aromatic rings. The Balaban J connectivity index is 0.00000156. The number of nitrogens with one attached hydrogen (secondary N) is 1. The van der Waals surface area contributed by atoms with E-state index in [1.165, 1.54) is 12.8 Å². The van der Waals surface area contributed by atoms with E-state index in [2.05, 4.69) is 44.2 Å². The van der Waals surface area contributed by atoms with Gasteiger partial charge in [-0.3, -0.25) is 0 Å². The summed E-state index contributed by atoms with van der Waals surface area (Å²) in [6.07, 6.45) is 2.46. The van der Waals surface area contributed by atoms with E-state index in [4.69, 9.17) is 4.98 Å². The molecule has 0 bridgehead atoms. The molecular weight excluding hydrogens is 332 g/mol. The van der Waals surface area contributed by atoms with E-state index < -0.39 is 0 Å². The van der Waals surface area contributed by atoms with Crippen LogP contribution in [0.2, 0.25) is 0 Å². The summed E-state index contributed by atoms with van der Waals surface area (Å²) in [4.78, 5) is 7.24. The number of piperidine rings is 1. The van der Waals surface area contributed by atoms with Crippen LogP contribution in [0.1, 0.15) is 32.5 Å². The summed E-state index contributed by atoms with van der Waals surface area (Å²) in [5.74, 6) is 1.92. The van der Waals surface area contributed by atoms with Crippen molar-refractivity contribution in [2.45, 2.75) is 39.8 Å². The van der Waals surface area contributed by atoms with Gasteiger partial charge in [0.25, 0.3) is 0 Å². The van der Waals surface area contributed by atoms with Crippen LogP contribution in [0, 0.1) is 5.41 Å². The van der Waals surface area contributed by atoms with Gasteiger partial charge in [0.1, 0.15) is 11.5 Å². The third-order valence-electron chi connectivity index (χ3n) is 4.73. The van der Waals surface area contributed by atoms with Crippen LogP contribution in [0.3, 0.4) is 0 Å². The van der Waals surface area contributed by atoms with E-state index in [1.54, 1.807) is 11.3 Å². The van der Waals surface area contributed by atoms with E-state index in [-0.39, 0.29) is 12.4 Å². The second-order valence-electron chi connectivity index (χ2n) is 6.93. The zero-order valence-corrected chi connectivity index (χ0v) is 15.2. The molecule has 4 heterocycles. The average molecular weight is 355 g/mol. The summed E-state index contributed by atoms with van der Waals surface area (Å²) in [6, 6.07) is 0. The van der Waals surface area contributed by atoms with Gasteiger partial charge in [0.05, 0.1) is 6.54 Å². The zero-order chi connectivity index (χ0) is 15.2. The maximum absolute atomic E-state index is 4.83. The van der Waals surface area contributed by atoms with Gasteiger partial charge in [-0.15, -0.1) is 33.9 Å². The molecule has 0 spiro atoms. The minimum absolute atomic E-state index is 0. The maximum atomic E-state index is 4.83. The molecule has 0 unspecified atom stereocenters. The van der Waals surface area contributed by atoms with Crippen molar-refractivity contribution in [2.75, 3.05) is 24.5 Å². The van der Waals surface area contributed by atoms with Crippen LogP contribution in [0.4, 0.5) is 5.13 Å². The fourth-order valence-corrected chi connectivity index (χ4v) is 3.95. The van der Waals surface area contributed by atoms with Crippen molar-refractivity contribution in [3.8, 4) is 11.5 Å². The number of rotatable bonds is 2. The fourth-order valence-electron chi connectivity index (χ4n) is 3.10. The maximum Gasteiger partial charge on any atom is 0.185 e. The third-order valence-corrected chi connectivity index (χ3v) is 5.63. The number of halogens is 1. The normalized spacial score (nSPS) is 20.0. The average Bonchev–Trinajstić information content (AvgIpc) is 3.13. The van der Waals surface area contributed by atoms with Crippen molar-refractivity contribution in [1.82, 2.24) is 25.1 Å². The second-order valence-corrected chi connectivity index (χ2v) is 7.77. The topological polar surface area (TPSA) is 58.9 Å². The van der Waals surface area contributed by atoms with Crippen LogP contribution in [-0.2, 0) is 13.1 Å². The molecule has 23 heavy (non-hydrogen) atoms. The number of hydrogen-bond acceptors (Lipinski definition) is 6. The molecule has 1 N–H and O–H groups in total. The molecule has 126 valence electrons. The van der Waals surface area contributed by atoms with Crippen LogP contribution in [0.5, 0.6) is 0 Å². The van der Waals surface area contributed by atoms with Crippen molar-refractivity contribution in [2.24, 2.45) is 5.41 Å². The van der Waals surface area contributed by atoms with Crippen LogP contribution in [0.25, 0.3) is 11.5 Å². The van der Waals surface area contributed by atoms with Gasteiger partial charge in [0, 0.05) is 31.6 Å². The van der Waals surface area contributed by atoms with Crippen LogP contribution < -0.4 is 10.2 Å². The van der Waals surface area contributed by atoms with Gasteiger partial charge >= 0.3 is 0 Å². The minimum atomic E-state index is 0. The quantitative estimate of drug-likeness (QED) is 0.898. The Morgan fingerprint density at radius 3 is 2.74 bits per heavy atom. The van der Waals surface area contributed by atoms with E-state index >= 15 is 0 Å². The summed E-state index contributed by atoms with van der Waals surface area (Å²) < 4.78 is 2.19. The largest absolute Gasteiger partial charge is 0.348 e. The molecule has 4 rings (SSSR count). The first-order chi connectivity index (χ1) is 10.6. The molecule has 8 heteroatoms. The van der Waals surface area contributed by atoms with Gasteiger partial charge in [-0.05, 0) is 18.3 Å². The summed E-state index contributed by atoms with van der Waals surface area (Å²) in [5, 5.41) is 15.2.